The molecule has 0 aromatic carbocycles. The summed E-state index contributed by atoms with van der Waals surface area (Å²) in [7, 11) is 0. The lowest BCUT2D eigenvalue weighted by atomic mass is 10.0. The molecule has 0 aliphatic rings. The molecule has 424 valence electrons. The number of ether oxygens (including phenoxy) is 2. The second kappa shape index (κ2) is 63.2. The molecule has 0 aliphatic heterocycles. The summed E-state index contributed by atoms with van der Waals surface area (Å²) in [5, 5.41) is 9.67. The molecule has 0 fully saturated rings. The highest BCUT2D eigenvalue weighted by Crippen LogP contribution is 2.19. The third-order valence-corrected chi connectivity index (χ3v) is 15.7. The van der Waals surface area contributed by atoms with Crippen molar-refractivity contribution < 1.29 is 24.2 Å². The Hall–Kier alpha value is -1.10. The molecule has 71 heavy (non-hydrogen) atoms. The molecule has 0 rings (SSSR count). The van der Waals surface area contributed by atoms with Crippen molar-refractivity contribution >= 4 is 11.9 Å². The molecule has 0 bridgehead atoms. The van der Waals surface area contributed by atoms with Crippen LogP contribution in [0, 0.1) is 0 Å². The van der Waals surface area contributed by atoms with Gasteiger partial charge >= 0.3 is 11.9 Å². The quantitative estimate of drug-likeness (QED) is 0.0485. The second-order valence-electron chi connectivity index (χ2n) is 22.9. The summed E-state index contributed by atoms with van der Waals surface area (Å²) in [6, 6.07) is 0. The maximum atomic E-state index is 12.3. The molecule has 0 aromatic heterocycles. The largest absolute Gasteiger partial charge is 0.462 e. The molecule has 0 saturated carbocycles. The summed E-state index contributed by atoms with van der Waals surface area (Å²) in [4.78, 5) is 24.6. The van der Waals surface area contributed by atoms with Crippen LogP contribution in [0.15, 0.2) is 0 Å². The van der Waals surface area contributed by atoms with Gasteiger partial charge < -0.3 is 14.6 Å². The van der Waals surface area contributed by atoms with Crippen molar-refractivity contribution in [2.75, 3.05) is 13.2 Å². The number of esters is 2. The predicted molar refractivity (Wildman–Crippen MR) is 312 cm³/mol. The predicted octanol–water partition coefficient (Wildman–Crippen LogP) is 22.5. The van der Waals surface area contributed by atoms with Gasteiger partial charge in [0.1, 0.15) is 6.61 Å². The summed E-state index contributed by atoms with van der Waals surface area (Å²) in [6.45, 7) is 4.22. The lowest BCUT2D eigenvalue weighted by Gasteiger charge is -2.15. The van der Waals surface area contributed by atoms with E-state index in [9.17, 15) is 14.7 Å². The maximum absolute atomic E-state index is 12.3. The summed E-state index contributed by atoms with van der Waals surface area (Å²) in [5.41, 5.74) is 0. The standard InChI is InChI=1S/C66H130O5/c1-3-5-7-9-11-13-15-17-19-21-23-24-25-26-27-28-29-30-31-32-33-34-35-36-37-38-39-40-41-43-45-47-49-51-53-55-57-59-61-66(69)71-64(62-67)63-70-65(68)60-58-56-54-52-50-48-46-44-42-22-20-18-16-14-12-10-8-6-4-2/h64,67H,3-63H2,1-2H3. The fourth-order valence-corrected chi connectivity index (χ4v) is 10.7. The molecule has 5 nitrogen and oxygen atoms in total. The van der Waals surface area contributed by atoms with Crippen LogP contribution in [-0.4, -0.2) is 36.4 Å². The van der Waals surface area contributed by atoms with E-state index in [1.807, 2.05) is 0 Å². The molecule has 0 spiro atoms. The van der Waals surface area contributed by atoms with Gasteiger partial charge in [0, 0.05) is 12.8 Å². The molecule has 0 heterocycles. The number of carbonyl (C=O) groups is 2. The average Bonchev–Trinajstić information content (AvgIpc) is 3.37. The summed E-state index contributed by atoms with van der Waals surface area (Å²) in [5.74, 6) is -0.561. The zero-order chi connectivity index (χ0) is 51.3. The average molecular weight is 1000 g/mol. The summed E-state index contributed by atoms with van der Waals surface area (Å²) < 4.78 is 10.7. The van der Waals surface area contributed by atoms with Gasteiger partial charge in [0.15, 0.2) is 6.10 Å². The van der Waals surface area contributed by atoms with Gasteiger partial charge in [0.2, 0.25) is 0 Å². The minimum Gasteiger partial charge on any atom is -0.462 e. The van der Waals surface area contributed by atoms with Crippen molar-refractivity contribution in [3.63, 3.8) is 0 Å². The topological polar surface area (TPSA) is 72.8 Å². The van der Waals surface area contributed by atoms with Gasteiger partial charge in [-0.3, -0.25) is 9.59 Å². The van der Waals surface area contributed by atoms with Gasteiger partial charge in [-0.1, -0.05) is 367 Å². The van der Waals surface area contributed by atoms with E-state index in [0.717, 1.165) is 32.1 Å². The van der Waals surface area contributed by atoms with Crippen molar-refractivity contribution in [3.05, 3.63) is 0 Å². The molecular weight excluding hydrogens is 873 g/mol. The highest BCUT2D eigenvalue weighted by atomic mass is 16.6. The summed E-state index contributed by atoms with van der Waals surface area (Å²) >= 11 is 0. The first-order valence-corrected chi connectivity index (χ1v) is 33.1. The van der Waals surface area contributed by atoms with Crippen molar-refractivity contribution in [1.82, 2.24) is 0 Å². The van der Waals surface area contributed by atoms with E-state index in [1.165, 1.54) is 334 Å². The van der Waals surface area contributed by atoms with E-state index in [0.29, 0.717) is 12.8 Å². The van der Waals surface area contributed by atoms with E-state index in [2.05, 4.69) is 13.8 Å². The Bertz CT molecular complexity index is 999. The third kappa shape index (κ3) is 61.3. The van der Waals surface area contributed by atoms with Gasteiger partial charge in [-0.2, -0.15) is 0 Å². The molecule has 0 amide bonds. The number of aliphatic hydroxyl groups is 1. The molecule has 1 unspecified atom stereocenters. The molecule has 5 heteroatoms. The van der Waals surface area contributed by atoms with Gasteiger partial charge in [-0.15, -0.1) is 0 Å². The molecule has 0 saturated heterocycles. The Morgan fingerprint density at radius 3 is 0.620 bits per heavy atom. The minimum atomic E-state index is -0.765. The molecule has 1 N–H and O–H groups in total. The normalized spacial score (nSPS) is 12.0. The van der Waals surface area contributed by atoms with E-state index < -0.39 is 6.10 Å². The first kappa shape index (κ1) is 69.9. The Labute approximate surface area is 446 Å². The monoisotopic (exact) mass is 1000 g/mol. The molecule has 1 atom stereocenters. The number of hydrogen-bond acceptors (Lipinski definition) is 5. The van der Waals surface area contributed by atoms with Gasteiger partial charge in [-0.25, -0.2) is 0 Å². The van der Waals surface area contributed by atoms with Crippen LogP contribution in [-0.2, 0) is 19.1 Å². The number of carbonyl (C=O) groups excluding carboxylic acids is 2. The van der Waals surface area contributed by atoms with E-state index in [4.69, 9.17) is 9.47 Å². The lowest BCUT2D eigenvalue weighted by molar-refractivity contribution is -0.161. The zero-order valence-corrected chi connectivity index (χ0v) is 48.8. The van der Waals surface area contributed by atoms with Gasteiger partial charge in [-0.05, 0) is 12.8 Å². The SMILES string of the molecule is CCCCCCCCCCCCCCCCCCCCCCCCCCCCCCCCCCCCCCCCC(=O)OC(CO)COC(=O)CCCCCCCCCCCCCCCCCCCCC. The van der Waals surface area contributed by atoms with Gasteiger partial charge in [0.05, 0.1) is 6.61 Å². The van der Waals surface area contributed by atoms with Crippen molar-refractivity contribution in [3.8, 4) is 0 Å². The fraction of sp³-hybridized carbons (Fsp3) is 0.970. The smallest absolute Gasteiger partial charge is 0.306 e. The highest BCUT2D eigenvalue weighted by molar-refractivity contribution is 5.70. The van der Waals surface area contributed by atoms with Crippen LogP contribution in [0.4, 0.5) is 0 Å². The Kier molecular flexibility index (Phi) is 62.2. The number of unbranched alkanes of at least 4 members (excludes halogenated alkanes) is 55. The number of hydrogen-bond donors (Lipinski definition) is 1. The van der Waals surface area contributed by atoms with Crippen LogP contribution in [0.1, 0.15) is 393 Å². The Balaban J connectivity index is 3.33. The minimum absolute atomic E-state index is 0.0556. The van der Waals surface area contributed by atoms with Gasteiger partial charge in [0.25, 0.3) is 0 Å². The highest BCUT2D eigenvalue weighted by Gasteiger charge is 2.16. The molecule has 0 aliphatic carbocycles. The maximum Gasteiger partial charge on any atom is 0.306 e. The first-order chi connectivity index (χ1) is 35.1. The zero-order valence-electron chi connectivity index (χ0n) is 48.8. The Morgan fingerprint density at radius 1 is 0.268 bits per heavy atom. The Morgan fingerprint density at radius 2 is 0.437 bits per heavy atom. The van der Waals surface area contributed by atoms with Crippen LogP contribution in [0.3, 0.4) is 0 Å². The van der Waals surface area contributed by atoms with Crippen LogP contribution in [0.25, 0.3) is 0 Å². The van der Waals surface area contributed by atoms with E-state index in [1.54, 1.807) is 0 Å². The van der Waals surface area contributed by atoms with Crippen molar-refractivity contribution in [1.29, 1.82) is 0 Å². The lowest BCUT2D eigenvalue weighted by Crippen LogP contribution is -2.28. The van der Waals surface area contributed by atoms with Crippen LogP contribution >= 0.6 is 0 Å². The molecule has 0 aromatic rings. The van der Waals surface area contributed by atoms with Crippen LogP contribution in [0.5, 0.6) is 0 Å². The van der Waals surface area contributed by atoms with E-state index >= 15 is 0 Å². The van der Waals surface area contributed by atoms with Crippen molar-refractivity contribution in [2.45, 2.75) is 399 Å². The molecule has 0 radical (unpaired) electrons. The summed E-state index contributed by atoms with van der Waals surface area (Å²) in [6.07, 6.45) is 78.5. The number of rotatable bonds is 63. The van der Waals surface area contributed by atoms with Crippen LogP contribution in [0.2, 0.25) is 0 Å². The van der Waals surface area contributed by atoms with Crippen LogP contribution < -0.4 is 0 Å². The van der Waals surface area contributed by atoms with Crippen molar-refractivity contribution in [2.24, 2.45) is 0 Å². The number of aliphatic hydroxyl groups excluding tert-OH is 1. The second-order valence-corrected chi connectivity index (χ2v) is 22.9. The first-order valence-electron chi connectivity index (χ1n) is 33.1. The molecular formula is C66H130O5. The fourth-order valence-electron chi connectivity index (χ4n) is 10.7. The van der Waals surface area contributed by atoms with E-state index in [-0.39, 0.29) is 25.2 Å². The third-order valence-electron chi connectivity index (χ3n) is 15.7.